The quantitative estimate of drug-likeness (QED) is 0.376. The highest BCUT2D eigenvalue weighted by Crippen LogP contribution is 2.38. The minimum atomic E-state index is -5.14. The second-order valence-electron chi connectivity index (χ2n) is 4.43. The monoisotopic (exact) mass is 365 g/mol. The molecular weight excluding hydrogens is 355 g/mol. The summed E-state index contributed by atoms with van der Waals surface area (Å²) in [4.78, 5) is 25.5. The van der Waals surface area contributed by atoms with Crippen molar-refractivity contribution in [3.8, 4) is 0 Å². The number of aromatic nitrogens is 1. The van der Waals surface area contributed by atoms with Gasteiger partial charge in [-0.15, -0.1) is 0 Å². The van der Waals surface area contributed by atoms with Crippen molar-refractivity contribution in [2.45, 2.75) is 11.9 Å². The van der Waals surface area contributed by atoms with Crippen LogP contribution in [0.2, 0.25) is 0 Å². The number of fused-ring (bicyclic) bond motifs is 1. The molecule has 0 aliphatic carbocycles. The van der Waals surface area contributed by atoms with Crippen molar-refractivity contribution in [1.29, 1.82) is 0 Å². The lowest BCUT2D eigenvalue weighted by Gasteiger charge is -2.31. The molecule has 1 aromatic carbocycles. The standard InChI is InChI=1S/C12H10F3N3O5S/c1-22-9(19)11(23-2,12(13,14)15)17-10-16-7-5-6(18(20)21)3-4-8(7)24-10/h3-5H,1-2H3,(H,16,17)/t11-/m1/s1. The molecule has 0 radical (unpaired) electrons. The predicted molar refractivity (Wildman–Crippen MR) is 77.7 cm³/mol. The molecule has 1 aromatic heterocycles. The molecule has 2 rings (SSSR count). The summed E-state index contributed by atoms with van der Waals surface area (Å²) in [6, 6.07) is 3.64. The molecule has 0 aliphatic rings. The Balaban J connectivity index is 2.48. The number of thiazole rings is 1. The lowest BCUT2D eigenvalue weighted by atomic mass is 10.2. The van der Waals surface area contributed by atoms with Crippen LogP contribution in [-0.2, 0) is 14.3 Å². The number of methoxy groups -OCH3 is 2. The molecule has 0 amide bonds. The zero-order valence-electron chi connectivity index (χ0n) is 12.2. The van der Waals surface area contributed by atoms with Gasteiger partial charge in [-0.2, -0.15) is 13.2 Å². The number of rotatable bonds is 5. The summed E-state index contributed by atoms with van der Waals surface area (Å²) in [6.45, 7) is 0. The molecule has 1 atom stereocenters. The van der Waals surface area contributed by atoms with Crippen LogP contribution in [0.4, 0.5) is 24.0 Å². The van der Waals surface area contributed by atoms with Gasteiger partial charge in [0, 0.05) is 19.2 Å². The topological polar surface area (TPSA) is 104 Å². The van der Waals surface area contributed by atoms with E-state index >= 15 is 0 Å². The average molecular weight is 365 g/mol. The fourth-order valence-electron chi connectivity index (χ4n) is 1.86. The number of nitro benzene ring substituents is 1. The second kappa shape index (κ2) is 6.20. The molecule has 0 bridgehead atoms. The van der Waals surface area contributed by atoms with Crippen molar-refractivity contribution in [3.05, 3.63) is 28.3 Å². The van der Waals surface area contributed by atoms with E-state index in [2.05, 4.69) is 14.5 Å². The Kier molecular flexibility index (Phi) is 4.62. The van der Waals surface area contributed by atoms with Gasteiger partial charge < -0.3 is 14.8 Å². The van der Waals surface area contributed by atoms with Crippen LogP contribution in [0.25, 0.3) is 10.2 Å². The van der Waals surface area contributed by atoms with E-state index < -0.39 is 22.8 Å². The van der Waals surface area contributed by atoms with E-state index in [1.807, 2.05) is 5.32 Å². The molecule has 0 unspecified atom stereocenters. The van der Waals surface area contributed by atoms with E-state index in [0.29, 0.717) is 11.8 Å². The third-order valence-electron chi connectivity index (χ3n) is 3.04. The van der Waals surface area contributed by atoms with Crippen LogP contribution in [0.3, 0.4) is 0 Å². The van der Waals surface area contributed by atoms with Gasteiger partial charge in [-0.1, -0.05) is 11.3 Å². The fourth-order valence-corrected chi connectivity index (χ4v) is 2.76. The van der Waals surface area contributed by atoms with Crippen molar-refractivity contribution < 1.29 is 32.4 Å². The Morgan fingerprint density at radius 3 is 2.54 bits per heavy atom. The number of non-ortho nitro benzene ring substituents is 1. The lowest BCUT2D eigenvalue weighted by Crippen LogP contribution is -2.60. The molecule has 0 spiro atoms. The van der Waals surface area contributed by atoms with Crippen LogP contribution in [0.15, 0.2) is 18.2 Å². The Bertz CT molecular complexity index is 794. The number of alkyl halides is 3. The maximum Gasteiger partial charge on any atom is 0.448 e. The normalized spacial score (nSPS) is 14.2. The number of carbonyl (C=O) groups excluding carboxylic acids is 1. The Hall–Kier alpha value is -2.47. The molecule has 1 N–H and O–H groups in total. The Labute approximate surface area is 136 Å². The maximum atomic E-state index is 13.3. The SMILES string of the molecule is COC(=O)[C@@](Nc1nc2cc([N+](=O)[O-])ccc2s1)(OC)C(F)(F)F. The molecule has 0 aliphatic heterocycles. The van der Waals surface area contributed by atoms with Gasteiger partial charge >= 0.3 is 17.9 Å². The largest absolute Gasteiger partial charge is 0.465 e. The number of benzene rings is 1. The Morgan fingerprint density at radius 1 is 1.38 bits per heavy atom. The minimum absolute atomic E-state index is 0.105. The molecule has 130 valence electrons. The highest BCUT2D eigenvalue weighted by atomic mass is 32.1. The molecule has 2 aromatic rings. The number of nitrogens with zero attached hydrogens (tertiary/aromatic N) is 2. The molecule has 0 fully saturated rings. The minimum Gasteiger partial charge on any atom is -0.465 e. The van der Waals surface area contributed by atoms with E-state index in [9.17, 15) is 28.1 Å². The first-order valence-electron chi connectivity index (χ1n) is 6.18. The summed E-state index contributed by atoms with van der Waals surface area (Å²) in [5.41, 5.74) is -3.60. The van der Waals surface area contributed by atoms with Crippen LogP contribution in [-0.4, -0.2) is 42.0 Å². The van der Waals surface area contributed by atoms with Crippen LogP contribution >= 0.6 is 11.3 Å². The number of hydrogen-bond acceptors (Lipinski definition) is 8. The van der Waals surface area contributed by atoms with Gasteiger partial charge in [-0.05, 0) is 6.07 Å². The van der Waals surface area contributed by atoms with Crippen molar-refractivity contribution in [1.82, 2.24) is 4.98 Å². The third-order valence-corrected chi connectivity index (χ3v) is 4.00. The summed E-state index contributed by atoms with van der Waals surface area (Å²) >= 11 is 0.771. The third kappa shape index (κ3) is 2.97. The van der Waals surface area contributed by atoms with Crippen LogP contribution in [0, 0.1) is 10.1 Å². The smallest absolute Gasteiger partial charge is 0.448 e. The highest BCUT2D eigenvalue weighted by molar-refractivity contribution is 7.22. The van der Waals surface area contributed by atoms with Gasteiger partial charge in [0.15, 0.2) is 5.13 Å². The van der Waals surface area contributed by atoms with Crippen molar-refractivity contribution in [3.63, 3.8) is 0 Å². The van der Waals surface area contributed by atoms with Crippen LogP contribution < -0.4 is 5.32 Å². The molecular formula is C12H10F3N3O5S. The van der Waals surface area contributed by atoms with Gasteiger partial charge in [-0.25, -0.2) is 9.78 Å². The molecule has 8 nitrogen and oxygen atoms in total. The number of hydrogen-bond donors (Lipinski definition) is 1. The molecule has 0 saturated carbocycles. The zero-order valence-corrected chi connectivity index (χ0v) is 13.0. The van der Waals surface area contributed by atoms with Crippen molar-refractivity contribution in [2.75, 3.05) is 19.5 Å². The van der Waals surface area contributed by atoms with Gasteiger partial charge in [0.2, 0.25) is 0 Å². The van der Waals surface area contributed by atoms with E-state index in [-0.39, 0.29) is 16.3 Å². The van der Waals surface area contributed by atoms with Crippen LogP contribution in [0.1, 0.15) is 0 Å². The summed E-state index contributed by atoms with van der Waals surface area (Å²) < 4.78 is 48.9. The zero-order chi connectivity index (χ0) is 18.1. The number of nitro groups is 1. The molecule has 0 saturated heterocycles. The number of esters is 1. The first kappa shape index (κ1) is 17.9. The van der Waals surface area contributed by atoms with E-state index in [0.717, 1.165) is 24.5 Å². The summed E-state index contributed by atoms with van der Waals surface area (Å²) in [6.07, 6.45) is -5.14. The Morgan fingerprint density at radius 2 is 2.04 bits per heavy atom. The van der Waals surface area contributed by atoms with Gasteiger partial charge in [-0.3, -0.25) is 10.1 Å². The summed E-state index contributed by atoms with van der Waals surface area (Å²) in [5, 5.41) is 12.3. The maximum absolute atomic E-state index is 13.3. The van der Waals surface area contributed by atoms with E-state index in [1.54, 1.807) is 0 Å². The molecule has 24 heavy (non-hydrogen) atoms. The van der Waals surface area contributed by atoms with Crippen molar-refractivity contribution >= 4 is 38.3 Å². The highest BCUT2D eigenvalue weighted by Gasteiger charge is 2.63. The van der Waals surface area contributed by atoms with Gasteiger partial charge in [0.25, 0.3) is 5.69 Å². The van der Waals surface area contributed by atoms with E-state index in [4.69, 9.17) is 0 Å². The average Bonchev–Trinajstić information content (AvgIpc) is 2.91. The van der Waals surface area contributed by atoms with Crippen molar-refractivity contribution in [2.24, 2.45) is 0 Å². The molecule has 12 heteroatoms. The van der Waals surface area contributed by atoms with Gasteiger partial charge in [0.05, 0.1) is 22.2 Å². The fraction of sp³-hybridized carbons (Fsp3) is 0.333. The summed E-state index contributed by atoms with van der Waals surface area (Å²) in [7, 11) is 1.47. The van der Waals surface area contributed by atoms with Crippen LogP contribution in [0.5, 0.6) is 0 Å². The first-order chi connectivity index (χ1) is 11.1. The van der Waals surface area contributed by atoms with E-state index in [1.165, 1.54) is 12.1 Å². The lowest BCUT2D eigenvalue weighted by molar-refractivity contribution is -0.384. The second-order valence-corrected chi connectivity index (χ2v) is 5.46. The number of halogens is 3. The van der Waals surface area contributed by atoms with Gasteiger partial charge in [0.1, 0.15) is 0 Å². The molecule has 1 heterocycles. The number of carbonyl (C=O) groups is 1. The number of nitrogens with one attached hydrogen (secondary N) is 1. The first-order valence-corrected chi connectivity index (χ1v) is 6.99. The number of anilines is 1. The predicted octanol–water partition coefficient (Wildman–Crippen LogP) is 2.69. The number of ether oxygens (including phenoxy) is 2. The summed E-state index contributed by atoms with van der Waals surface area (Å²) in [5.74, 6) is -1.71.